The number of hydrogen-bond acceptors (Lipinski definition) is 5. The second kappa shape index (κ2) is 10.0. The third-order valence-electron chi connectivity index (χ3n) is 4.50. The summed E-state index contributed by atoms with van der Waals surface area (Å²) >= 11 is 0. The third kappa shape index (κ3) is 5.32. The maximum absolute atomic E-state index is 12.5. The van der Waals surface area contributed by atoms with Gasteiger partial charge < -0.3 is 14.8 Å². The van der Waals surface area contributed by atoms with Gasteiger partial charge in [-0.25, -0.2) is 4.79 Å². The number of carbonyl (C=O) groups excluding carboxylic acids is 3. The van der Waals surface area contributed by atoms with E-state index in [-0.39, 0.29) is 5.56 Å². The lowest BCUT2D eigenvalue weighted by molar-refractivity contribution is -0.124. The van der Waals surface area contributed by atoms with Gasteiger partial charge in [0.15, 0.2) is 6.61 Å². The minimum Gasteiger partial charge on any atom is -0.497 e. The number of nitrogens with one attached hydrogen (secondary N) is 1. The van der Waals surface area contributed by atoms with Crippen molar-refractivity contribution in [3.05, 3.63) is 101 Å². The molecule has 6 heteroatoms. The second-order valence-electron chi connectivity index (χ2n) is 6.50. The van der Waals surface area contributed by atoms with Crippen LogP contribution in [0.4, 0.5) is 0 Å². The lowest BCUT2D eigenvalue weighted by Gasteiger charge is -2.20. The van der Waals surface area contributed by atoms with Crippen LogP contribution in [-0.2, 0) is 9.53 Å². The van der Waals surface area contributed by atoms with Crippen LogP contribution in [-0.4, -0.2) is 31.9 Å². The highest BCUT2D eigenvalue weighted by Gasteiger charge is 2.18. The Labute approximate surface area is 174 Å². The van der Waals surface area contributed by atoms with Crippen LogP contribution >= 0.6 is 0 Å². The molecule has 0 heterocycles. The summed E-state index contributed by atoms with van der Waals surface area (Å²) in [5.74, 6) is -0.354. The Balaban J connectivity index is 1.68. The standard InChI is InChI=1S/C24H21NO5/c1-29-21-13-11-19(12-14-21)23(18-5-3-2-4-6-18)25-22(27)16-30-24(28)20-9-7-17(15-26)8-10-20/h2-15,23H,16H2,1H3,(H,25,27)/t23-/m0/s1. The first kappa shape index (κ1) is 20.8. The summed E-state index contributed by atoms with van der Waals surface area (Å²) in [5, 5.41) is 2.91. The summed E-state index contributed by atoms with van der Waals surface area (Å²) in [6.07, 6.45) is 0.686. The van der Waals surface area contributed by atoms with E-state index in [0.717, 1.165) is 11.1 Å². The van der Waals surface area contributed by atoms with E-state index in [1.54, 1.807) is 7.11 Å². The summed E-state index contributed by atoms with van der Waals surface area (Å²) < 4.78 is 10.3. The first-order valence-electron chi connectivity index (χ1n) is 9.31. The zero-order valence-electron chi connectivity index (χ0n) is 16.4. The number of rotatable bonds is 8. The molecule has 1 atom stereocenters. The number of ether oxygens (including phenoxy) is 2. The highest BCUT2D eigenvalue weighted by Crippen LogP contribution is 2.24. The number of amides is 1. The number of methoxy groups -OCH3 is 1. The Morgan fingerprint density at radius 3 is 2.13 bits per heavy atom. The van der Waals surface area contributed by atoms with Crippen molar-refractivity contribution in [2.45, 2.75) is 6.04 Å². The van der Waals surface area contributed by atoms with Gasteiger partial charge in [0.2, 0.25) is 0 Å². The number of hydrogen-bond donors (Lipinski definition) is 1. The van der Waals surface area contributed by atoms with Crippen molar-refractivity contribution in [3.8, 4) is 5.75 Å². The molecule has 0 saturated heterocycles. The van der Waals surface area contributed by atoms with E-state index in [9.17, 15) is 14.4 Å². The molecule has 6 nitrogen and oxygen atoms in total. The molecule has 0 aliphatic rings. The highest BCUT2D eigenvalue weighted by atomic mass is 16.5. The molecule has 3 aromatic rings. The minimum absolute atomic E-state index is 0.267. The summed E-state index contributed by atoms with van der Waals surface area (Å²) in [7, 11) is 1.59. The van der Waals surface area contributed by atoms with E-state index in [1.165, 1.54) is 24.3 Å². The van der Waals surface area contributed by atoms with Crippen LogP contribution in [0.15, 0.2) is 78.9 Å². The molecule has 152 valence electrons. The minimum atomic E-state index is -0.636. The fourth-order valence-corrected chi connectivity index (χ4v) is 2.92. The average Bonchev–Trinajstić information content (AvgIpc) is 2.81. The van der Waals surface area contributed by atoms with Gasteiger partial charge in [0.1, 0.15) is 12.0 Å². The Morgan fingerprint density at radius 2 is 1.53 bits per heavy atom. The molecule has 0 bridgehead atoms. The summed E-state index contributed by atoms with van der Waals surface area (Å²) in [6, 6.07) is 22.5. The van der Waals surface area contributed by atoms with Crippen molar-refractivity contribution in [1.29, 1.82) is 0 Å². The van der Waals surface area contributed by atoms with E-state index >= 15 is 0 Å². The van der Waals surface area contributed by atoms with Gasteiger partial charge in [-0.05, 0) is 35.4 Å². The van der Waals surface area contributed by atoms with Crippen LogP contribution in [0.5, 0.6) is 5.75 Å². The normalized spacial score (nSPS) is 11.2. The van der Waals surface area contributed by atoms with Gasteiger partial charge in [0.25, 0.3) is 5.91 Å². The van der Waals surface area contributed by atoms with E-state index in [0.29, 0.717) is 17.6 Å². The van der Waals surface area contributed by atoms with E-state index in [4.69, 9.17) is 9.47 Å². The van der Waals surface area contributed by atoms with Gasteiger partial charge >= 0.3 is 5.97 Å². The number of carbonyl (C=O) groups is 3. The van der Waals surface area contributed by atoms with Crippen LogP contribution in [0, 0.1) is 0 Å². The zero-order chi connectivity index (χ0) is 21.3. The monoisotopic (exact) mass is 403 g/mol. The molecule has 30 heavy (non-hydrogen) atoms. The largest absolute Gasteiger partial charge is 0.497 e. The Bertz CT molecular complexity index is 998. The lowest BCUT2D eigenvalue weighted by atomic mass is 9.98. The van der Waals surface area contributed by atoms with Gasteiger partial charge in [-0.15, -0.1) is 0 Å². The third-order valence-corrected chi connectivity index (χ3v) is 4.50. The molecule has 1 amide bonds. The number of benzene rings is 3. The maximum Gasteiger partial charge on any atom is 0.338 e. The van der Waals surface area contributed by atoms with Gasteiger partial charge in [-0.2, -0.15) is 0 Å². The molecule has 1 N–H and O–H groups in total. The second-order valence-corrected chi connectivity index (χ2v) is 6.50. The first-order chi connectivity index (χ1) is 14.6. The van der Waals surface area contributed by atoms with Gasteiger partial charge in [0, 0.05) is 5.56 Å². The SMILES string of the molecule is COc1ccc([C@@H](NC(=O)COC(=O)c2ccc(C=O)cc2)c2ccccc2)cc1. The average molecular weight is 403 g/mol. The predicted molar refractivity (Wildman–Crippen MR) is 112 cm³/mol. The van der Waals surface area contributed by atoms with Gasteiger partial charge in [-0.1, -0.05) is 54.6 Å². The smallest absolute Gasteiger partial charge is 0.338 e. The number of aldehydes is 1. The molecule has 0 aliphatic carbocycles. The molecule has 0 aromatic heterocycles. The zero-order valence-corrected chi connectivity index (χ0v) is 16.4. The molecule has 0 aliphatic heterocycles. The van der Waals surface area contributed by atoms with E-state index < -0.39 is 24.5 Å². The van der Waals surface area contributed by atoms with Crippen molar-refractivity contribution in [2.75, 3.05) is 13.7 Å². The molecule has 3 aromatic carbocycles. The molecular formula is C24H21NO5. The van der Waals surface area contributed by atoms with Crippen molar-refractivity contribution in [2.24, 2.45) is 0 Å². The van der Waals surface area contributed by atoms with Crippen molar-refractivity contribution >= 4 is 18.2 Å². The molecule has 0 spiro atoms. The van der Waals surface area contributed by atoms with Crippen molar-refractivity contribution in [3.63, 3.8) is 0 Å². The van der Waals surface area contributed by atoms with E-state index in [2.05, 4.69) is 5.32 Å². The Hall–Kier alpha value is -3.93. The van der Waals surface area contributed by atoms with Crippen LogP contribution in [0.1, 0.15) is 37.9 Å². The fourth-order valence-electron chi connectivity index (χ4n) is 2.92. The summed E-state index contributed by atoms with van der Waals surface area (Å²) in [4.78, 5) is 35.3. The molecule has 0 saturated carbocycles. The van der Waals surface area contributed by atoms with Gasteiger partial charge in [0.05, 0.1) is 18.7 Å². The van der Waals surface area contributed by atoms with Crippen LogP contribution < -0.4 is 10.1 Å². The summed E-state index contributed by atoms with van der Waals surface area (Å²) in [6.45, 7) is -0.423. The van der Waals surface area contributed by atoms with Crippen molar-refractivity contribution < 1.29 is 23.9 Å². The van der Waals surface area contributed by atoms with Crippen LogP contribution in [0.3, 0.4) is 0 Å². The van der Waals surface area contributed by atoms with Gasteiger partial charge in [-0.3, -0.25) is 9.59 Å². The molecule has 0 radical (unpaired) electrons. The van der Waals surface area contributed by atoms with Crippen LogP contribution in [0.2, 0.25) is 0 Å². The van der Waals surface area contributed by atoms with E-state index in [1.807, 2.05) is 54.6 Å². The molecule has 0 fully saturated rings. The lowest BCUT2D eigenvalue weighted by Crippen LogP contribution is -2.33. The highest BCUT2D eigenvalue weighted by molar-refractivity contribution is 5.92. The molecule has 0 unspecified atom stereocenters. The Kier molecular flexibility index (Phi) is 6.95. The fraction of sp³-hybridized carbons (Fsp3) is 0.125. The molecule has 3 rings (SSSR count). The number of esters is 1. The topological polar surface area (TPSA) is 81.7 Å². The maximum atomic E-state index is 12.5. The van der Waals surface area contributed by atoms with Crippen LogP contribution in [0.25, 0.3) is 0 Å². The predicted octanol–water partition coefficient (Wildman–Crippen LogP) is 3.57. The summed E-state index contributed by atoms with van der Waals surface area (Å²) in [5.41, 5.74) is 2.48. The van der Waals surface area contributed by atoms with Crippen molar-refractivity contribution in [1.82, 2.24) is 5.32 Å². The molecular weight excluding hydrogens is 382 g/mol. The quantitative estimate of drug-likeness (QED) is 0.459. The first-order valence-corrected chi connectivity index (χ1v) is 9.31. The Morgan fingerprint density at radius 1 is 0.900 bits per heavy atom.